The molecule has 0 atom stereocenters. The maximum absolute atomic E-state index is 12.0. The van der Waals surface area contributed by atoms with Crippen LogP contribution in [-0.4, -0.2) is 37.6 Å². The van der Waals surface area contributed by atoms with Crippen molar-refractivity contribution in [3.8, 4) is 0 Å². The van der Waals surface area contributed by atoms with E-state index in [1.165, 1.54) is 12.8 Å². The molecule has 15 heavy (non-hydrogen) atoms. The first kappa shape index (κ1) is 11.4. The Balaban J connectivity index is 1.94. The molecule has 0 saturated heterocycles. The Morgan fingerprint density at radius 3 is 2.33 bits per heavy atom. The Kier molecular flexibility index (Phi) is 3.33. The number of sulfonamides is 1. The number of hydrogen-bond acceptors (Lipinski definition) is 3. The van der Waals surface area contributed by atoms with Crippen LogP contribution in [0.1, 0.15) is 32.1 Å². The van der Waals surface area contributed by atoms with Crippen LogP contribution in [0.25, 0.3) is 0 Å². The van der Waals surface area contributed by atoms with Gasteiger partial charge in [0.2, 0.25) is 10.0 Å². The Bertz CT molecular complexity index is 307. The summed E-state index contributed by atoms with van der Waals surface area (Å²) < 4.78 is 25.8. The van der Waals surface area contributed by atoms with Gasteiger partial charge >= 0.3 is 0 Å². The zero-order valence-electron chi connectivity index (χ0n) is 9.06. The summed E-state index contributed by atoms with van der Waals surface area (Å²) in [6.07, 6.45) is 5.09. The molecule has 0 radical (unpaired) electrons. The molecule has 0 aromatic rings. The summed E-state index contributed by atoms with van der Waals surface area (Å²) in [5.74, 6) is 0.866. The molecule has 0 amide bonds. The molecule has 2 rings (SSSR count). The van der Waals surface area contributed by atoms with Crippen molar-refractivity contribution in [1.29, 1.82) is 0 Å². The molecule has 0 spiro atoms. The van der Waals surface area contributed by atoms with Crippen molar-refractivity contribution in [1.82, 2.24) is 4.31 Å². The third-order valence-electron chi connectivity index (χ3n) is 3.05. The van der Waals surface area contributed by atoms with E-state index >= 15 is 0 Å². The van der Waals surface area contributed by atoms with Gasteiger partial charge in [-0.3, -0.25) is 0 Å². The van der Waals surface area contributed by atoms with Crippen molar-refractivity contribution < 1.29 is 8.42 Å². The maximum Gasteiger partial charge on any atom is 0.214 e. The molecule has 2 aliphatic rings. The van der Waals surface area contributed by atoms with Crippen LogP contribution >= 0.6 is 0 Å². The monoisotopic (exact) mass is 232 g/mol. The van der Waals surface area contributed by atoms with Gasteiger partial charge in [-0.05, 0) is 44.6 Å². The Hall–Kier alpha value is -0.130. The molecule has 2 fully saturated rings. The standard InChI is InChI=1S/C10H20N2O2S/c11-6-1-7-15(13,14)12(10-4-5-10)8-9-2-3-9/h9-10H,1-8,11H2. The van der Waals surface area contributed by atoms with Crippen LogP contribution in [0.2, 0.25) is 0 Å². The second-order valence-electron chi connectivity index (χ2n) is 4.70. The average Bonchev–Trinajstić information content (AvgIpc) is 3.00. The number of rotatable bonds is 7. The topological polar surface area (TPSA) is 63.4 Å². The third kappa shape index (κ3) is 3.16. The number of nitrogens with two attached hydrogens (primary N) is 1. The summed E-state index contributed by atoms with van der Waals surface area (Å²) in [5.41, 5.74) is 5.36. The van der Waals surface area contributed by atoms with Crippen LogP contribution in [0.5, 0.6) is 0 Å². The molecule has 0 bridgehead atoms. The van der Waals surface area contributed by atoms with Gasteiger partial charge < -0.3 is 5.73 Å². The normalized spacial score (nSPS) is 22.3. The molecule has 0 aliphatic heterocycles. The number of nitrogens with zero attached hydrogens (tertiary/aromatic N) is 1. The molecular formula is C10H20N2O2S. The lowest BCUT2D eigenvalue weighted by molar-refractivity contribution is 0.388. The zero-order chi connectivity index (χ0) is 10.9. The highest BCUT2D eigenvalue weighted by Crippen LogP contribution is 2.36. The van der Waals surface area contributed by atoms with E-state index in [1.807, 2.05) is 0 Å². The van der Waals surface area contributed by atoms with Gasteiger partial charge in [0.15, 0.2) is 0 Å². The van der Waals surface area contributed by atoms with E-state index in [1.54, 1.807) is 4.31 Å². The van der Waals surface area contributed by atoms with Crippen LogP contribution in [0.4, 0.5) is 0 Å². The second-order valence-corrected chi connectivity index (χ2v) is 6.74. The van der Waals surface area contributed by atoms with Gasteiger partial charge in [-0.2, -0.15) is 4.31 Å². The van der Waals surface area contributed by atoms with Crippen LogP contribution in [0.3, 0.4) is 0 Å². The van der Waals surface area contributed by atoms with Crippen molar-refractivity contribution in [2.45, 2.75) is 38.1 Å². The minimum Gasteiger partial charge on any atom is -0.330 e. The van der Waals surface area contributed by atoms with Gasteiger partial charge in [0.1, 0.15) is 0 Å². The summed E-state index contributed by atoms with van der Waals surface area (Å²) in [6.45, 7) is 1.22. The molecule has 0 aromatic carbocycles. The first-order valence-electron chi connectivity index (χ1n) is 5.83. The molecule has 0 aromatic heterocycles. The lowest BCUT2D eigenvalue weighted by Gasteiger charge is -2.21. The van der Waals surface area contributed by atoms with Gasteiger partial charge in [-0.1, -0.05) is 0 Å². The van der Waals surface area contributed by atoms with Gasteiger partial charge in [0.25, 0.3) is 0 Å². The maximum atomic E-state index is 12.0. The largest absolute Gasteiger partial charge is 0.330 e. The lowest BCUT2D eigenvalue weighted by atomic mass is 10.4. The average molecular weight is 232 g/mol. The fourth-order valence-electron chi connectivity index (χ4n) is 1.79. The molecule has 2 saturated carbocycles. The highest BCUT2D eigenvalue weighted by molar-refractivity contribution is 7.89. The lowest BCUT2D eigenvalue weighted by Crippen LogP contribution is -2.37. The van der Waals surface area contributed by atoms with E-state index in [-0.39, 0.29) is 5.75 Å². The highest BCUT2D eigenvalue weighted by atomic mass is 32.2. The molecule has 5 heteroatoms. The smallest absolute Gasteiger partial charge is 0.214 e. The minimum atomic E-state index is -3.02. The third-order valence-corrected chi connectivity index (χ3v) is 5.02. The second kappa shape index (κ2) is 4.39. The van der Waals surface area contributed by atoms with E-state index in [2.05, 4.69) is 0 Å². The van der Waals surface area contributed by atoms with Crippen molar-refractivity contribution in [3.63, 3.8) is 0 Å². The van der Waals surface area contributed by atoms with Crippen LogP contribution in [0.15, 0.2) is 0 Å². The Morgan fingerprint density at radius 1 is 1.20 bits per heavy atom. The predicted octanol–water partition coefficient (Wildman–Crippen LogP) is 0.539. The van der Waals surface area contributed by atoms with E-state index < -0.39 is 10.0 Å². The molecule has 2 aliphatic carbocycles. The van der Waals surface area contributed by atoms with Gasteiger partial charge in [0.05, 0.1) is 5.75 Å². The van der Waals surface area contributed by atoms with E-state index in [0.29, 0.717) is 24.9 Å². The van der Waals surface area contributed by atoms with Crippen LogP contribution < -0.4 is 5.73 Å². The zero-order valence-corrected chi connectivity index (χ0v) is 9.88. The highest BCUT2D eigenvalue weighted by Gasteiger charge is 2.39. The van der Waals surface area contributed by atoms with Crippen molar-refractivity contribution in [2.75, 3.05) is 18.8 Å². The summed E-state index contributed by atoms with van der Waals surface area (Å²) >= 11 is 0. The molecule has 0 unspecified atom stereocenters. The fourth-order valence-corrected chi connectivity index (χ4v) is 3.66. The Morgan fingerprint density at radius 2 is 1.87 bits per heavy atom. The van der Waals surface area contributed by atoms with Gasteiger partial charge in [0, 0.05) is 12.6 Å². The predicted molar refractivity (Wildman–Crippen MR) is 59.9 cm³/mol. The van der Waals surface area contributed by atoms with Crippen LogP contribution in [0, 0.1) is 5.92 Å². The first-order valence-corrected chi connectivity index (χ1v) is 7.44. The quantitative estimate of drug-likeness (QED) is 0.697. The molecule has 0 heterocycles. The van der Waals surface area contributed by atoms with Crippen LogP contribution in [-0.2, 0) is 10.0 Å². The van der Waals surface area contributed by atoms with E-state index in [4.69, 9.17) is 5.73 Å². The molecule has 4 nitrogen and oxygen atoms in total. The summed E-state index contributed by atoms with van der Waals surface area (Å²) in [5, 5.41) is 0. The minimum absolute atomic E-state index is 0.229. The van der Waals surface area contributed by atoms with E-state index in [0.717, 1.165) is 19.4 Å². The molecule has 88 valence electrons. The summed E-state index contributed by atoms with van der Waals surface area (Å²) in [4.78, 5) is 0. The molecular weight excluding hydrogens is 212 g/mol. The first-order chi connectivity index (χ1) is 7.13. The van der Waals surface area contributed by atoms with Gasteiger partial charge in [-0.25, -0.2) is 8.42 Å². The van der Waals surface area contributed by atoms with Crippen molar-refractivity contribution >= 4 is 10.0 Å². The number of hydrogen-bond donors (Lipinski definition) is 1. The summed E-state index contributed by atoms with van der Waals surface area (Å²) in [6, 6.07) is 0.313. The fraction of sp³-hybridized carbons (Fsp3) is 1.00. The summed E-state index contributed by atoms with van der Waals surface area (Å²) in [7, 11) is -3.02. The SMILES string of the molecule is NCCCS(=O)(=O)N(CC1CC1)C1CC1. The van der Waals surface area contributed by atoms with E-state index in [9.17, 15) is 8.42 Å². The van der Waals surface area contributed by atoms with Crippen molar-refractivity contribution in [2.24, 2.45) is 11.7 Å². The Labute approximate surface area is 91.9 Å². The molecule has 2 N–H and O–H groups in total. The van der Waals surface area contributed by atoms with Gasteiger partial charge in [-0.15, -0.1) is 0 Å². The van der Waals surface area contributed by atoms with Crippen molar-refractivity contribution in [3.05, 3.63) is 0 Å².